The monoisotopic (exact) mass is 319 g/mol. The number of benzene rings is 2. The second-order valence-electron chi connectivity index (χ2n) is 4.95. The molecule has 3 heteroatoms. The van der Waals surface area contributed by atoms with E-state index in [1.54, 1.807) is 6.07 Å². The van der Waals surface area contributed by atoms with Gasteiger partial charge in [0.1, 0.15) is 5.82 Å². The molecule has 0 radical (unpaired) electrons. The third-order valence-electron chi connectivity index (χ3n) is 3.37. The van der Waals surface area contributed by atoms with Gasteiger partial charge in [0.15, 0.2) is 0 Å². The van der Waals surface area contributed by atoms with Crippen molar-refractivity contribution in [2.75, 3.05) is 0 Å². The molecule has 0 spiro atoms. The second kappa shape index (κ2) is 5.43. The van der Waals surface area contributed by atoms with Crippen LogP contribution in [0.1, 0.15) is 18.4 Å². The summed E-state index contributed by atoms with van der Waals surface area (Å²) in [5, 5.41) is 3.39. The summed E-state index contributed by atoms with van der Waals surface area (Å²) in [6.07, 6.45) is 2.50. The van der Waals surface area contributed by atoms with Crippen molar-refractivity contribution in [2.24, 2.45) is 0 Å². The van der Waals surface area contributed by atoms with Gasteiger partial charge in [0.25, 0.3) is 0 Å². The standard InChI is InChI=1S/C16H15BrFN/c17-15-4-2-1-3-13(15)14-8-5-11(9-16(14)18)10-19-12-6-7-12/h1-5,8-9,12,19H,6-7,10H2. The molecule has 0 heterocycles. The molecule has 3 rings (SSSR count). The summed E-state index contributed by atoms with van der Waals surface area (Å²) in [5.41, 5.74) is 2.53. The van der Waals surface area contributed by atoms with Gasteiger partial charge < -0.3 is 5.32 Å². The SMILES string of the molecule is Fc1cc(CNC2CC2)ccc1-c1ccccc1Br. The van der Waals surface area contributed by atoms with Crippen molar-refractivity contribution in [2.45, 2.75) is 25.4 Å². The van der Waals surface area contributed by atoms with E-state index >= 15 is 0 Å². The molecule has 0 unspecified atom stereocenters. The minimum atomic E-state index is -0.165. The summed E-state index contributed by atoms with van der Waals surface area (Å²) in [6.45, 7) is 0.748. The first-order valence-electron chi connectivity index (χ1n) is 6.51. The van der Waals surface area contributed by atoms with E-state index in [1.807, 2.05) is 36.4 Å². The zero-order chi connectivity index (χ0) is 13.2. The van der Waals surface area contributed by atoms with Crippen LogP contribution in [0.5, 0.6) is 0 Å². The molecular weight excluding hydrogens is 305 g/mol. The molecule has 0 aromatic heterocycles. The maximum Gasteiger partial charge on any atom is 0.131 e. The molecule has 1 saturated carbocycles. The van der Waals surface area contributed by atoms with Crippen LogP contribution in [0.25, 0.3) is 11.1 Å². The van der Waals surface area contributed by atoms with Gasteiger partial charge in [-0.05, 0) is 36.1 Å². The molecular formula is C16H15BrFN. The lowest BCUT2D eigenvalue weighted by Gasteiger charge is -2.09. The van der Waals surface area contributed by atoms with Crippen LogP contribution in [0.3, 0.4) is 0 Å². The zero-order valence-electron chi connectivity index (χ0n) is 10.5. The Morgan fingerprint density at radius 1 is 1.11 bits per heavy atom. The van der Waals surface area contributed by atoms with Crippen molar-refractivity contribution in [3.8, 4) is 11.1 Å². The number of nitrogens with one attached hydrogen (secondary N) is 1. The molecule has 0 bridgehead atoms. The minimum Gasteiger partial charge on any atom is -0.310 e. The molecule has 2 aromatic rings. The summed E-state index contributed by atoms with van der Waals surface area (Å²) >= 11 is 3.46. The van der Waals surface area contributed by atoms with Crippen molar-refractivity contribution >= 4 is 15.9 Å². The molecule has 1 nitrogen and oxygen atoms in total. The van der Waals surface area contributed by atoms with Crippen LogP contribution < -0.4 is 5.32 Å². The van der Waals surface area contributed by atoms with Crippen LogP contribution >= 0.6 is 15.9 Å². The molecule has 0 atom stereocenters. The average Bonchev–Trinajstić information content (AvgIpc) is 3.22. The van der Waals surface area contributed by atoms with Gasteiger partial charge in [-0.1, -0.05) is 46.3 Å². The molecule has 1 aliphatic carbocycles. The summed E-state index contributed by atoms with van der Waals surface area (Å²) in [6, 6.07) is 13.8. The van der Waals surface area contributed by atoms with E-state index < -0.39 is 0 Å². The van der Waals surface area contributed by atoms with E-state index in [2.05, 4.69) is 21.2 Å². The van der Waals surface area contributed by atoms with Crippen LogP contribution in [-0.2, 0) is 6.54 Å². The summed E-state index contributed by atoms with van der Waals surface area (Å²) < 4.78 is 15.1. The normalized spacial score (nSPS) is 14.6. The maximum atomic E-state index is 14.2. The van der Waals surface area contributed by atoms with Gasteiger partial charge in [0, 0.05) is 22.6 Å². The highest BCUT2D eigenvalue weighted by atomic mass is 79.9. The number of hydrogen-bond donors (Lipinski definition) is 1. The van der Waals surface area contributed by atoms with Gasteiger partial charge in [-0.3, -0.25) is 0 Å². The Kier molecular flexibility index (Phi) is 3.67. The fourth-order valence-corrected chi connectivity index (χ4v) is 2.61. The van der Waals surface area contributed by atoms with Crippen LogP contribution in [0.15, 0.2) is 46.9 Å². The number of halogens is 2. The molecule has 0 amide bonds. The van der Waals surface area contributed by atoms with Crippen molar-refractivity contribution in [3.63, 3.8) is 0 Å². The predicted octanol–water partition coefficient (Wildman–Crippen LogP) is 4.51. The van der Waals surface area contributed by atoms with E-state index in [4.69, 9.17) is 0 Å². The first-order chi connectivity index (χ1) is 9.24. The summed E-state index contributed by atoms with van der Waals surface area (Å²) in [4.78, 5) is 0. The van der Waals surface area contributed by atoms with E-state index in [1.165, 1.54) is 12.8 Å². The molecule has 1 fully saturated rings. The van der Waals surface area contributed by atoms with Gasteiger partial charge in [-0.2, -0.15) is 0 Å². The Hall–Kier alpha value is -1.19. The largest absolute Gasteiger partial charge is 0.310 e. The van der Waals surface area contributed by atoms with Gasteiger partial charge in [-0.25, -0.2) is 4.39 Å². The lowest BCUT2D eigenvalue weighted by Crippen LogP contribution is -2.15. The Balaban J connectivity index is 1.84. The first-order valence-corrected chi connectivity index (χ1v) is 7.30. The highest BCUT2D eigenvalue weighted by Gasteiger charge is 2.20. The highest BCUT2D eigenvalue weighted by Crippen LogP contribution is 2.30. The highest BCUT2D eigenvalue weighted by molar-refractivity contribution is 9.10. The third kappa shape index (κ3) is 3.04. The van der Waals surface area contributed by atoms with Gasteiger partial charge in [-0.15, -0.1) is 0 Å². The van der Waals surface area contributed by atoms with E-state index in [9.17, 15) is 4.39 Å². The Morgan fingerprint density at radius 3 is 2.58 bits per heavy atom. The fourth-order valence-electron chi connectivity index (χ4n) is 2.12. The van der Waals surface area contributed by atoms with Gasteiger partial charge in [0.05, 0.1) is 0 Å². The van der Waals surface area contributed by atoms with E-state index in [-0.39, 0.29) is 5.82 Å². The van der Waals surface area contributed by atoms with Crippen molar-refractivity contribution in [1.82, 2.24) is 5.32 Å². The molecule has 2 aromatic carbocycles. The molecule has 0 saturated heterocycles. The fraction of sp³-hybridized carbons (Fsp3) is 0.250. The molecule has 1 N–H and O–H groups in total. The van der Waals surface area contributed by atoms with Crippen LogP contribution in [0, 0.1) is 5.82 Å². The summed E-state index contributed by atoms with van der Waals surface area (Å²) in [5.74, 6) is -0.165. The lowest BCUT2D eigenvalue weighted by atomic mass is 10.0. The van der Waals surface area contributed by atoms with Crippen LogP contribution in [0.4, 0.5) is 4.39 Å². The van der Waals surface area contributed by atoms with Crippen molar-refractivity contribution < 1.29 is 4.39 Å². The Labute approximate surface area is 121 Å². The van der Waals surface area contributed by atoms with Crippen LogP contribution in [0.2, 0.25) is 0 Å². The van der Waals surface area contributed by atoms with Crippen molar-refractivity contribution in [1.29, 1.82) is 0 Å². The average molecular weight is 320 g/mol. The molecule has 98 valence electrons. The topological polar surface area (TPSA) is 12.0 Å². The smallest absolute Gasteiger partial charge is 0.131 e. The number of hydrogen-bond acceptors (Lipinski definition) is 1. The summed E-state index contributed by atoms with van der Waals surface area (Å²) in [7, 11) is 0. The van der Waals surface area contributed by atoms with Gasteiger partial charge >= 0.3 is 0 Å². The maximum absolute atomic E-state index is 14.2. The lowest BCUT2D eigenvalue weighted by molar-refractivity contribution is 0.623. The Bertz CT molecular complexity index is 593. The zero-order valence-corrected chi connectivity index (χ0v) is 12.1. The predicted molar refractivity (Wildman–Crippen MR) is 79.4 cm³/mol. The Morgan fingerprint density at radius 2 is 1.89 bits per heavy atom. The third-order valence-corrected chi connectivity index (χ3v) is 4.06. The quantitative estimate of drug-likeness (QED) is 0.874. The molecule has 0 aliphatic heterocycles. The molecule has 19 heavy (non-hydrogen) atoms. The van der Waals surface area contributed by atoms with E-state index in [0.717, 1.165) is 22.1 Å². The first kappa shape index (κ1) is 12.8. The van der Waals surface area contributed by atoms with Crippen LogP contribution in [-0.4, -0.2) is 6.04 Å². The van der Waals surface area contributed by atoms with Crippen molar-refractivity contribution in [3.05, 3.63) is 58.3 Å². The van der Waals surface area contributed by atoms with Gasteiger partial charge in [0.2, 0.25) is 0 Å². The minimum absolute atomic E-state index is 0.165. The molecule has 1 aliphatic rings. The second-order valence-corrected chi connectivity index (χ2v) is 5.80. The number of rotatable bonds is 4. The van der Waals surface area contributed by atoms with E-state index in [0.29, 0.717) is 11.6 Å².